The first-order valence-corrected chi connectivity index (χ1v) is 4.25. The van der Waals surface area contributed by atoms with Gasteiger partial charge in [0.2, 0.25) is 0 Å². The molecule has 1 rings (SSSR count). The van der Waals surface area contributed by atoms with E-state index in [2.05, 4.69) is 9.72 Å². The van der Waals surface area contributed by atoms with Crippen LogP contribution in [0.1, 0.15) is 25.5 Å². The highest BCUT2D eigenvalue weighted by atomic mass is 19.4. The first-order valence-electron chi connectivity index (χ1n) is 4.25. The van der Waals surface area contributed by atoms with Gasteiger partial charge in [-0.05, 0) is 5.92 Å². The lowest BCUT2D eigenvalue weighted by Gasteiger charge is -2.13. The fraction of sp³-hybridized carbons (Fsp3) is 0.444. The quantitative estimate of drug-likeness (QED) is 0.834. The normalized spacial score (nSPS) is 11.9. The molecular weight excluding hydrogens is 211 g/mol. The van der Waals surface area contributed by atoms with Crippen molar-refractivity contribution >= 4 is 0 Å². The van der Waals surface area contributed by atoms with E-state index in [0.29, 0.717) is 0 Å². The Kier molecular flexibility index (Phi) is 3.06. The summed E-state index contributed by atoms with van der Waals surface area (Å²) in [5.41, 5.74) is 0.178. The highest BCUT2D eigenvalue weighted by Crippen LogP contribution is 2.35. The van der Waals surface area contributed by atoms with E-state index in [1.54, 1.807) is 13.8 Å². The van der Waals surface area contributed by atoms with Crippen LogP contribution in [0.4, 0.5) is 13.2 Å². The molecule has 0 fully saturated rings. The first kappa shape index (κ1) is 11.6. The Morgan fingerprint density at radius 2 is 2.00 bits per heavy atom. The molecular formula is C9H10F3NO2. The zero-order chi connectivity index (χ0) is 11.6. The molecule has 3 nitrogen and oxygen atoms in total. The topological polar surface area (TPSA) is 42.4 Å². The van der Waals surface area contributed by atoms with E-state index < -0.39 is 17.9 Å². The molecule has 0 atom stereocenters. The van der Waals surface area contributed by atoms with Crippen molar-refractivity contribution in [3.63, 3.8) is 0 Å². The Morgan fingerprint density at radius 3 is 2.47 bits per heavy atom. The van der Waals surface area contributed by atoms with E-state index in [-0.39, 0.29) is 11.6 Å². The van der Waals surface area contributed by atoms with Crippen molar-refractivity contribution in [2.45, 2.75) is 26.1 Å². The third kappa shape index (κ3) is 3.00. The van der Waals surface area contributed by atoms with Crippen LogP contribution in [-0.2, 0) is 0 Å². The van der Waals surface area contributed by atoms with Gasteiger partial charge in [0.15, 0.2) is 11.5 Å². The standard InChI is InChI=1S/C9H10F3NO2/c1-5(2)7-8(14)6(3-4-13-7)15-9(10,11)12/h3-5,14H,1-2H3. The number of hydrogen-bond donors (Lipinski definition) is 1. The molecule has 0 saturated carbocycles. The summed E-state index contributed by atoms with van der Waals surface area (Å²) in [6.45, 7) is 3.42. The van der Waals surface area contributed by atoms with Crippen molar-refractivity contribution in [3.05, 3.63) is 18.0 Å². The second-order valence-corrected chi connectivity index (χ2v) is 3.25. The van der Waals surface area contributed by atoms with Gasteiger partial charge in [0.05, 0.1) is 5.69 Å². The maximum Gasteiger partial charge on any atom is 0.573 e. The molecule has 0 amide bonds. The van der Waals surface area contributed by atoms with Gasteiger partial charge in [-0.3, -0.25) is 4.98 Å². The summed E-state index contributed by atoms with van der Waals surface area (Å²) in [7, 11) is 0. The van der Waals surface area contributed by atoms with Gasteiger partial charge >= 0.3 is 6.36 Å². The van der Waals surface area contributed by atoms with Gasteiger partial charge in [-0.1, -0.05) is 13.8 Å². The fourth-order valence-electron chi connectivity index (χ4n) is 1.08. The second kappa shape index (κ2) is 3.96. The summed E-state index contributed by atoms with van der Waals surface area (Å²) >= 11 is 0. The maximum atomic E-state index is 11.9. The molecule has 0 aliphatic carbocycles. The minimum atomic E-state index is -4.81. The molecule has 84 valence electrons. The Bertz CT molecular complexity index is 350. The highest BCUT2D eigenvalue weighted by molar-refractivity contribution is 5.42. The third-order valence-electron chi connectivity index (χ3n) is 1.69. The Balaban J connectivity index is 3.05. The molecule has 0 aliphatic heterocycles. The minimum absolute atomic E-state index is 0.178. The monoisotopic (exact) mass is 221 g/mol. The van der Waals surface area contributed by atoms with E-state index in [1.165, 1.54) is 0 Å². The average molecular weight is 221 g/mol. The summed E-state index contributed by atoms with van der Waals surface area (Å²) in [6, 6.07) is 0.967. The van der Waals surface area contributed by atoms with Gasteiger partial charge in [-0.15, -0.1) is 13.2 Å². The van der Waals surface area contributed by atoms with E-state index in [1.807, 2.05) is 0 Å². The Hall–Kier alpha value is -1.46. The van der Waals surface area contributed by atoms with Crippen molar-refractivity contribution in [2.75, 3.05) is 0 Å². The molecule has 0 radical (unpaired) electrons. The van der Waals surface area contributed by atoms with Gasteiger partial charge in [-0.25, -0.2) is 0 Å². The van der Waals surface area contributed by atoms with E-state index in [9.17, 15) is 18.3 Å². The van der Waals surface area contributed by atoms with Crippen LogP contribution in [0.15, 0.2) is 12.3 Å². The minimum Gasteiger partial charge on any atom is -0.503 e. The van der Waals surface area contributed by atoms with Crippen molar-refractivity contribution in [3.8, 4) is 11.5 Å². The lowest BCUT2D eigenvalue weighted by Crippen LogP contribution is -2.17. The lowest BCUT2D eigenvalue weighted by atomic mass is 10.1. The largest absolute Gasteiger partial charge is 0.573 e. The summed E-state index contributed by atoms with van der Waals surface area (Å²) in [4.78, 5) is 3.77. The Morgan fingerprint density at radius 1 is 1.40 bits per heavy atom. The van der Waals surface area contributed by atoms with Crippen LogP contribution < -0.4 is 4.74 Å². The molecule has 0 aromatic carbocycles. The second-order valence-electron chi connectivity index (χ2n) is 3.25. The summed E-state index contributed by atoms with van der Waals surface area (Å²) in [5.74, 6) is -1.37. The van der Waals surface area contributed by atoms with Crippen LogP contribution in [0.25, 0.3) is 0 Å². The molecule has 1 N–H and O–H groups in total. The highest BCUT2D eigenvalue weighted by Gasteiger charge is 2.32. The van der Waals surface area contributed by atoms with E-state index in [4.69, 9.17) is 0 Å². The van der Waals surface area contributed by atoms with Crippen LogP contribution >= 0.6 is 0 Å². The van der Waals surface area contributed by atoms with Gasteiger partial charge in [0.1, 0.15) is 0 Å². The van der Waals surface area contributed by atoms with E-state index >= 15 is 0 Å². The molecule has 0 unspecified atom stereocenters. The van der Waals surface area contributed by atoms with Crippen LogP contribution in [0.2, 0.25) is 0 Å². The number of aromatic hydroxyl groups is 1. The molecule has 0 bridgehead atoms. The van der Waals surface area contributed by atoms with Crippen LogP contribution in [0, 0.1) is 0 Å². The average Bonchev–Trinajstić information content (AvgIpc) is 2.05. The third-order valence-corrected chi connectivity index (χ3v) is 1.69. The van der Waals surface area contributed by atoms with Crippen molar-refractivity contribution in [1.82, 2.24) is 4.98 Å². The fourth-order valence-corrected chi connectivity index (χ4v) is 1.08. The van der Waals surface area contributed by atoms with Gasteiger partial charge in [0.25, 0.3) is 0 Å². The number of nitrogens with zero attached hydrogens (tertiary/aromatic N) is 1. The predicted octanol–water partition coefficient (Wildman–Crippen LogP) is 2.81. The maximum absolute atomic E-state index is 11.9. The lowest BCUT2D eigenvalue weighted by molar-refractivity contribution is -0.275. The summed E-state index contributed by atoms with van der Waals surface area (Å²) in [5, 5.41) is 9.44. The number of pyridine rings is 1. The van der Waals surface area contributed by atoms with E-state index in [0.717, 1.165) is 12.3 Å². The van der Waals surface area contributed by atoms with Gasteiger partial charge in [-0.2, -0.15) is 0 Å². The zero-order valence-electron chi connectivity index (χ0n) is 8.17. The SMILES string of the molecule is CC(C)c1nccc(OC(F)(F)F)c1O. The molecule has 0 aliphatic rings. The number of aromatic nitrogens is 1. The van der Waals surface area contributed by atoms with Crippen LogP contribution in [0.5, 0.6) is 11.5 Å². The number of rotatable bonds is 2. The first-order chi connectivity index (χ1) is 6.81. The number of halogens is 3. The van der Waals surface area contributed by atoms with Crippen LogP contribution in [0.3, 0.4) is 0 Å². The molecule has 1 aromatic rings. The molecule has 0 saturated heterocycles. The van der Waals surface area contributed by atoms with Crippen molar-refractivity contribution in [2.24, 2.45) is 0 Å². The number of hydrogen-bond acceptors (Lipinski definition) is 3. The van der Waals surface area contributed by atoms with Crippen molar-refractivity contribution in [1.29, 1.82) is 0 Å². The molecule has 15 heavy (non-hydrogen) atoms. The molecule has 1 heterocycles. The smallest absolute Gasteiger partial charge is 0.503 e. The number of alkyl halides is 3. The van der Waals surface area contributed by atoms with Crippen molar-refractivity contribution < 1.29 is 23.0 Å². The number of ether oxygens (including phenoxy) is 1. The molecule has 6 heteroatoms. The molecule has 0 spiro atoms. The summed E-state index contributed by atoms with van der Waals surface area (Å²) < 4.78 is 39.3. The Labute approximate surface area is 84.5 Å². The molecule has 1 aromatic heterocycles. The summed E-state index contributed by atoms with van der Waals surface area (Å²) in [6.07, 6.45) is -3.65. The predicted molar refractivity (Wildman–Crippen MR) is 46.7 cm³/mol. The van der Waals surface area contributed by atoms with Gasteiger partial charge in [0, 0.05) is 12.3 Å². The van der Waals surface area contributed by atoms with Crippen LogP contribution in [-0.4, -0.2) is 16.5 Å². The zero-order valence-corrected chi connectivity index (χ0v) is 8.17. The van der Waals surface area contributed by atoms with Gasteiger partial charge < -0.3 is 9.84 Å².